The van der Waals surface area contributed by atoms with E-state index in [1.54, 1.807) is 16.7 Å². The van der Waals surface area contributed by atoms with Gasteiger partial charge in [0.1, 0.15) is 6.04 Å². The van der Waals surface area contributed by atoms with Crippen LogP contribution in [-0.2, 0) is 20.9 Å². The van der Waals surface area contributed by atoms with Crippen molar-refractivity contribution in [1.29, 1.82) is 0 Å². The number of aliphatic hydroxyl groups excluding tert-OH is 1. The second kappa shape index (κ2) is 11.3. The van der Waals surface area contributed by atoms with Crippen LogP contribution in [0.25, 0.3) is 0 Å². The van der Waals surface area contributed by atoms with Crippen LogP contribution in [0.1, 0.15) is 71.6 Å². The lowest BCUT2D eigenvalue weighted by molar-refractivity contribution is -0.143. The maximum absolute atomic E-state index is 14.6. The largest absolute Gasteiger partial charge is 0.394 e. The Morgan fingerprint density at radius 2 is 1.64 bits per heavy atom. The van der Waals surface area contributed by atoms with Gasteiger partial charge in [-0.15, -0.1) is 11.8 Å². The Morgan fingerprint density at radius 1 is 1.02 bits per heavy atom. The summed E-state index contributed by atoms with van der Waals surface area (Å²) in [6.45, 7) is 12.7. The molecule has 2 bridgehead atoms. The first kappa shape index (κ1) is 30.6. The van der Waals surface area contributed by atoms with Crippen LogP contribution in [0.4, 0.5) is 0 Å². The summed E-state index contributed by atoms with van der Waals surface area (Å²) in [7, 11) is 0. The highest BCUT2D eigenvalue weighted by Gasteiger charge is 2.76. The number of benzene rings is 2. The zero-order valence-corrected chi connectivity index (χ0v) is 26.4. The first-order valence-corrected chi connectivity index (χ1v) is 16.0. The van der Waals surface area contributed by atoms with Gasteiger partial charge in [0.15, 0.2) is 0 Å². The highest BCUT2D eigenvalue weighted by molar-refractivity contribution is 8.02. The molecule has 3 heterocycles. The number of thioether (sulfide) groups is 1. The summed E-state index contributed by atoms with van der Waals surface area (Å²) in [4.78, 5) is 44.6. The van der Waals surface area contributed by atoms with Gasteiger partial charge in [-0.3, -0.25) is 14.4 Å². The quantitative estimate of drug-likeness (QED) is 0.393. The van der Waals surface area contributed by atoms with Crippen LogP contribution < -0.4 is 10.6 Å². The van der Waals surface area contributed by atoms with E-state index in [1.807, 2.05) is 74.5 Å². The predicted molar refractivity (Wildman–Crippen MR) is 166 cm³/mol. The van der Waals surface area contributed by atoms with Crippen LogP contribution in [-0.4, -0.2) is 55.9 Å². The van der Waals surface area contributed by atoms with E-state index in [-0.39, 0.29) is 40.9 Å². The molecule has 7 nitrogen and oxygen atoms in total. The Balaban J connectivity index is 1.53. The van der Waals surface area contributed by atoms with Crippen molar-refractivity contribution >= 4 is 29.5 Å². The molecule has 1 spiro atoms. The van der Waals surface area contributed by atoms with Gasteiger partial charge in [0.2, 0.25) is 17.7 Å². The standard InChI is InChI=1S/C34H45N3O4S/c1-21-17-25-26(29(39)35-18-22-13-9-7-10-14-22)27-31(41)37(24(19-38)23-15-11-8-12-16-23)28(34(21,27)42-25)30(40)36-33(5,6)20-32(2,3)4/h7-16,21,24-28,38H,17-20H2,1-6H3,(H,35,39)(H,36,40)/t21?,24-,25-,26+,27+,28?,34?/m1/s1. The molecule has 7 atom stereocenters. The second-order valence-corrected chi connectivity index (χ2v) is 15.8. The molecule has 0 aromatic heterocycles. The molecule has 2 aromatic rings. The van der Waals surface area contributed by atoms with E-state index >= 15 is 0 Å². The van der Waals surface area contributed by atoms with Gasteiger partial charge in [-0.25, -0.2) is 0 Å². The van der Waals surface area contributed by atoms with Gasteiger partial charge in [-0.1, -0.05) is 88.4 Å². The number of nitrogens with zero attached hydrogens (tertiary/aromatic N) is 1. The van der Waals surface area contributed by atoms with Gasteiger partial charge < -0.3 is 20.6 Å². The summed E-state index contributed by atoms with van der Waals surface area (Å²) in [5, 5.41) is 17.1. The molecule has 226 valence electrons. The molecular formula is C34H45N3O4S. The summed E-state index contributed by atoms with van der Waals surface area (Å²) in [5.74, 6) is -1.71. The molecule has 0 radical (unpaired) electrons. The van der Waals surface area contributed by atoms with Crippen LogP contribution >= 0.6 is 11.8 Å². The molecule has 3 aliphatic rings. The topological polar surface area (TPSA) is 98.7 Å². The van der Waals surface area contributed by atoms with E-state index < -0.39 is 34.2 Å². The van der Waals surface area contributed by atoms with Gasteiger partial charge in [0.05, 0.1) is 29.2 Å². The number of amides is 3. The lowest BCUT2D eigenvalue weighted by Gasteiger charge is -2.42. The molecule has 3 aliphatic heterocycles. The van der Waals surface area contributed by atoms with Crippen LogP contribution in [0, 0.1) is 23.2 Å². The summed E-state index contributed by atoms with van der Waals surface area (Å²) >= 11 is 1.66. The fraction of sp³-hybridized carbons (Fsp3) is 0.559. The zero-order valence-electron chi connectivity index (χ0n) is 25.6. The van der Waals surface area contributed by atoms with E-state index in [4.69, 9.17) is 0 Å². The SMILES string of the molecule is CC1C[C@H]2SC13C(C(=O)NC(C)(C)CC(C)(C)C)N([C@H](CO)c1ccccc1)C(=O)[C@@H]3[C@H]2C(=O)NCc1ccccc1. The van der Waals surface area contributed by atoms with Crippen molar-refractivity contribution in [3.05, 3.63) is 71.8 Å². The number of likely N-dealkylation sites (tertiary alicyclic amines) is 1. The number of carbonyl (C=O) groups excluding carboxylic acids is 3. The van der Waals surface area contributed by atoms with Gasteiger partial charge >= 0.3 is 0 Å². The first-order valence-electron chi connectivity index (χ1n) is 15.1. The smallest absolute Gasteiger partial charge is 0.244 e. The van der Waals surface area contributed by atoms with Gasteiger partial charge in [-0.05, 0) is 49.1 Å². The molecule has 0 aliphatic carbocycles. The summed E-state index contributed by atoms with van der Waals surface area (Å²) in [5.41, 5.74) is 1.23. The third kappa shape index (κ3) is 5.48. The zero-order chi connectivity index (χ0) is 30.4. The number of hydrogen-bond donors (Lipinski definition) is 3. The van der Waals surface area contributed by atoms with Crippen molar-refractivity contribution in [3.8, 4) is 0 Å². The second-order valence-electron chi connectivity index (χ2n) is 14.2. The van der Waals surface area contributed by atoms with Gasteiger partial charge in [0.25, 0.3) is 0 Å². The monoisotopic (exact) mass is 591 g/mol. The van der Waals surface area contributed by atoms with Crippen LogP contribution in [0.5, 0.6) is 0 Å². The first-order chi connectivity index (χ1) is 19.8. The molecular weight excluding hydrogens is 546 g/mol. The number of rotatable bonds is 9. The molecule has 3 fully saturated rings. The molecule has 8 heteroatoms. The minimum Gasteiger partial charge on any atom is -0.394 e. The Morgan fingerprint density at radius 3 is 2.24 bits per heavy atom. The maximum atomic E-state index is 14.6. The van der Waals surface area contributed by atoms with E-state index in [0.717, 1.165) is 24.0 Å². The number of carbonyl (C=O) groups is 3. The van der Waals surface area contributed by atoms with Gasteiger partial charge in [0, 0.05) is 17.3 Å². The lowest BCUT2D eigenvalue weighted by Crippen LogP contribution is -2.60. The van der Waals surface area contributed by atoms with Crippen LogP contribution in [0.2, 0.25) is 0 Å². The van der Waals surface area contributed by atoms with Crippen LogP contribution in [0.3, 0.4) is 0 Å². The fourth-order valence-electron chi connectivity index (χ4n) is 8.10. The number of nitrogens with one attached hydrogen (secondary N) is 2. The minimum absolute atomic E-state index is 0.0176. The lowest BCUT2D eigenvalue weighted by atomic mass is 9.65. The third-order valence-corrected chi connectivity index (χ3v) is 11.2. The third-order valence-electron chi connectivity index (χ3n) is 9.17. The molecule has 2 aromatic carbocycles. The van der Waals surface area contributed by atoms with E-state index in [0.29, 0.717) is 6.54 Å². The summed E-state index contributed by atoms with van der Waals surface area (Å²) in [6.07, 6.45) is 1.51. The van der Waals surface area contributed by atoms with Crippen molar-refractivity contribution in [2.24, 2.45) is 23.2 Å². The number of fused-ring (bicyclic) bond motifs is 1. The van der Waals surface area contributed by atoms with Crippen molar-refractivity contribution in [1.82, 2.24) is 15.5 Å². The van der Waals surface area contributed by atoms with Crippen molar-refractivity contribution < 1.29 is 19.5 Å². The molecule has 3 saturated heterocycles. The Kier molecular flexibility index (Phi) is 8.27. The highest BCUT2D eigenvalue weighted by atomic mass is 32.2. The predicted octanol–water partition coefficient (Wildman–Crippen LogP) is 4.70. The van der Waals surface area contributed by atoms with E-state index in [9.17, 15) is 19.5 Å². The normalized spacial score (nSPS) is 29.4. The molecule has 42 heavy (non-hydrogen) atoms. The van der Waals surface area contributed by atoms with Crippen molar-refractivity contribution in [3.63, 3.8) is 0 Å². The highest BCUT2D eigenvalue weighted by Crippen LogP contribution is 2.69. The van der Waals surface area contributed by atoms with Crippen LogP contribution in [0.15, 0.2) is 60.7 Å². The molecule has 0 saturated carbocycles. The number of aliphatic hydroxyl groups is 1. The Labute approximate surface area is 254 Å². The average Bonchev–Trinajstić information content (AvgIpc) is 3.51. The summed E-state index contributed by atoms with van der Waals surface area (Å²) in [6, 6.07) is 17.6. The Hall–Kier alpha value is -2.84. The van der Waals surface area contributed by atoms with Crippen molar-refractivity contribution in [2.45, 2.75) is 88.5 Å². The summed E-state index contributed by atoms with van der Waals surface area (Å²) < 4.78 is -0.763. The molecule has 3 amide bonds. The molecule has 3 unspecified atom stereocenters. The maximum Gasteiger partial charge on any atom is 0.244 e. The minimum atomic E-state index is -0.816. The Bertz CT molecular complexity index is 1310. The number of hydrogen-bond acceptors (Lipinski definition) is 5. The van der Waals surface area contributed by atoms with Crippen molar-refractivity contribution in [2.75, 3.05) is 6.61 Å². The van der Waals surface area contributed by atoms with Gasteiger partial charge in [-0.2, -0.15) is 0 Å². The molecule has 3 N–H and O–H groups in total. The average molecular weight is 592 g/mol. The fourth-order valence-corrected chi connectivity index (χ4v) is 10.5. The van der Waals surface area contributed by atoms with E-state index in [2.05, 4.69) is 38.3 Å². The van der Waals surface area contributed by atoms with E-state index in [1.165, 1.54) is 0 Å². The molecule has 5 rings (SSSR count).